The minimum Gasteiger partial charge on any atom is -0.454 e. The van der Waals surface area contributed by atoms with Crippen LogP contribution >= 0.6 is 11.6 Å². The number of anilines is 1. The zero-order valence-corrected chi connectivity index (χ0v) is 18.3. The van der Waals surface area contributed by atoms with Gasteiger partial charge in [0, 0.05) is 10.6 Å². The molecule has 0 radical (unpaired) electrons. The summed E-state index contributed by atoms with van der Waals surface area (Å²) < 4.78 is 5.14. The van der Waals surface area contributed by atoms with Gasteiger partial charge in [0.15, 0.2) is 12.4 Å². The zero-order valence-electron chi connectivity index (χ0n) is 17.5. The Labute approximate surface area is 195 Å². The van der Waals surface area contributed by atoms with Gasteiger partial charge in [0.25, 0.3) is 0 Å². The monoisotopic (exact) mass is 461 g/mol. The highest BCUT2D eigenvalue weighted by Crippen LogP contribution is 2.65. The molecule has 7 heteroatoms. The predicted octanol–water partition coefficient (Wildman–Crippen LogP) is 3.94. The average Bonchev–Trinajstić information content (AvgIpc) is 3.61. The molecule has 0 aromatic heterocycles. The van der Waals surface area contributed by atoms with Crippen LogP contribution in [-0.2, 0) is 14.3 Å². The molecule has 2 aromatic rings. The average molecular weight is 462 g/mol. The Bertz CT molecular complexity index is 1180. The van der Waals surface area contributed by atoms with Crippen molar-refractivity contribution in [2.24, 2.45) is 35.5 Å². The number of benzene rings is 2. The van der Waals surface area contributed by atoms with E-state index in [-0.39, 0.29) is 46.8 Å². The number of nitrogens with zero attached hydrogens (tertiary/aromatic N) is 1. The minimum atomic E-state index is -0.654. The van der Waals surface area contributed by atoms with E-state index in [0.29, 0.717) is 28.1 Å². The molecule has 3 fully saturated rings. The fourth-order valence-electron chi connectivity index (χ4n) is 5.89. The predicted molar refractivity (Wildman–Crippen MR) is 120 cm³/mol. The van der Waals surface area contributed by atoms with Crippen molar-refractivity contribution in [1.29, 1.82) is 0 Å². The molecular weight excluding hydrogens is 442 g/mol. The second kappa shape index (κ2) is 7.39. The summed E-state index contributed by atoms with van der Waals surface area (Å²) in [5.41, 5.74) is 1.10. The normalized spacial score (nSPS) is 30.8. The van der Waals surface area contributed by atoms with E-state index < -0.39 is 12.6 Å². The molecule has 2 amide bonds. The van der Waals surface area contributed by atoms with Gasteiger partial charge in [0.2, 0.25) is 11.8 Å². The Morgan fingerprint density at radius 3 is 1.97 bits per heavy atom. The van der Waals surface area contributed by atoms with Crippen molar-refractivity contribution in [3.8, 4) is 0 Å². The Morgan fingerprint density at radius 2 is 1.39 bits per heavy atom. The minimum absolute atomic E-state index is 0.140. The van der Waals surface area contributed by atoms with Crippen LogP contribution in [0.2, 0.25) is 5.02 Å². The number of Topliss-reactive ketones (excluding diaryl/α,β-unsaturated/α-hetero) is 1. The summed E-state index contributed by atoms with van der Waals surface area (Å²) in [5.74, 6) is -0.376. The number of esters is 1. The van der Waals surface area contributed by atoms with Gasteiger partial charge in [-0.15, -0.1) is 0 Å². The standard InChI is InChI=1S/C26H20ClNO5/c27-15-5-1-13(2-6-15)21(29)12-33-26(32)14-3-7-16(8-4-14)28-24(30)22-17-9-10-18(20-11-19(17)20)23(22)25(28)31/h1-10,17-20,22-23H,11-12H2/t17-,18-,19-,20-,22-,23-/m1/s1. The molecule has 6 atom stereocenters. The number of allylic oxidation sites excluding steroid dienone is 2. The number of hydrogen-bond donors (Lipinski definition) is 0. The Balaban J connectivity index is 1.14. The number of ether oxygens (including phenoxy) is 1. The Morgan fingerprint density at radius 1 is 0.848 bits per heavy atom. The quantitative estimate of drug-likeness (QED) is 0.291. The first-order valence-electron chi connectivity index (χ1n) is 11.1. The van der Waals surface area contributed by atoms with Crippen LogP contribution in [0, 0.1) is 35.5 Å². The van der Waals surface area contributed by atoms with Gasteiger partial charge < -0.3 is 4.74 Å². The maximum Gasteiger partial charge on any atom is 0.338 e. The highest BCUT2D eigenvalue weighted by atomic mass is 35.5. The van der Waals surface area contributed by atoms with Crippen LogP contribution in [0.5, 0.6) is 0 Å². The fourth-order valence-corrected chi connectivity index (χ4v) is 6.02. The van der Waals surface area contributed by atoms with E-state index in [1.165, 1.54) is 17.0 Å². The first kappa shape index (κ1) is 20.4. The summed E-state index contributed by atoms with van der Waals surface area (Å²) in [7, 11) is 0. The van der Waals surface area contributed by atoms with Gasteiger partial charge in [-0.25, -0.2) is 4.79 Å². The van der Waals surface area contributed by atoms with Gasteiger partial charge in [-0.05, 0) is 78.6 Å². The largest absolute Gasteiger partial charge is 0.454 e. The van der Waals surface area contributed by atoms with Gasteiger partial charge >= 0.3 is 5.97 Å². The summed E-state index contributed by atoms with van der Waals surface area (Å²) >= 11 is 5.82. The molecule has 2 aromatic carbocycles. The van der Waals surface area contributed by atoms with E-state index in [1.54, 1.807) is 36.4 Å². The number of rotatable bonds is 5. The molecule has 0 unspecified atom stereocenters. The molecular formula is C26H20ClNO5. The summed E-state index contributed by atoms with van der Waals surface area (Å²) in [4.78, 5) is 52.2. The number of halogens is 1. The van der Waals surface area contributed by atoms with Gasteiger partial charge in [0.1, 0.15) is 0 Å². The SMILES string of the molecule is O=C(COC(=O)c1ccc(N2C(=O)[C@@H]3[C@@H]4C=C[C@H]([C@H]5C[C@H]45)[C@H]3C2=O)cc1)c1ccc(Cl)cc1. The van der Waals surface area contributed by atoms with Crippen molar-refractivity contribution >= 4 is 40.9 Å². The summed E-state index contributed by atoms with van der Waals surface area (Å²) in [6.45, 7) is -0.396. The maximum atomic E-state index is 13.2. The second-order valence-electron chi connectivity index (χ2n) is 9.22. The molecule has 33 heavy (non-hydrogen) atoms. The summed E-state index contributed by atoms with van der Waals surface area (Å²) in [6.07, 6.45) is 5.39. The molecule has 1 aliphatic heterocycles. The van der Waals surface area contributed by atoms with Crippen molar-refractivity contribution in [2.45, 2.75) is 6.42 Å². The molecule has 1 saturated heterocycles. The molecule has 4 aliphatic carbocycles. The van der Waals surface area contributed by atoms with Crippen LogP contribution < -0.4 is 4.90 Å². The first-order valence-corrected chi connectivity index (χ1v) is 11.4. The molecule has 6 nitrogen and oxygen atoms in total. The number of carbonyl (C=O) groups is 4. The van der Waals surface area contributed by atoms with E-state index >= 15 is 0 Å². The molecule has 166 valence electrons. The summed E-state index contributed by atoms with van der Waals surface area (Å²) in [5, 5.41) is 0.513. The van der Waals surface area contributed by atoms with Crippen molar-refractivity contribution in [1.82, 2.24) is 0 Å². The van der Waals surface area contributed by atoms with Crippen molar-refractivity contribution in [2.75, 3.05) is 11.5 Å². The zero-order chi connectivity index (χ0) is 22.9. The van der Waals surface area contributed by atoms with Crippen molar-refractivity contribution < 1.29 is 23.9 Å². The number of carbonyl (C=O) groups excluding carboxylic acids is 4. The van der Waals surface area contributed by atoms with Crippen LogP contribution in [0.15, 0.2) is 60.7 Å². The number of imide groups is 1. The molecule has 2 bridgehead atoms. The molecule has 1 heterocycles. The molecule has 0 spiro atoms. The molecule has 2 saturated carbocycles. The highest BCUT2D eigenvalue weighted by Gasteiger charge is 2.67. The van der Waals surface area contributed by atoms with Crippen molar-refractivity contribution in [3.63, 3.8) is 0 Å². The molecule has 5 aliphatic rings. The van der Waals surface area contributed by atoms with Crippen LogP contribution in [0.4, 0.5) is 5.69 Å². The van der Waals surface area contributed by atoms with Gasteiger partial charge in [-0.2, -0.15) is 0 Å². The second-order valence-corrected chi connectivity index (χ2v) is 9.66. The van der Waals surface area contributed by atoms with Crippen LogP contribution in [0.3, 0.4) is 0 Å². The van der Waals surface area contributed by atoms with Crippen LogP contribution in [-0.4, -0.2) is 30.2 Å². The van der Waals surface area contributed by atoms with Crippen LogP contribution in [0.25, 0.3) is 0 Å². The van der Waals surface area contributed by atoms with Crippen molar-refractivity contribution in [3.05, 3.63) is 76.8 Å². The van der Waals surface area contributed by atoms with E-state index in [0.717, 1.165) is 6.42 Å². The van der Waals surface area contributed by atoms with Crippen LogP contribution in [0.1, 0.15) is 27.1 Å². The lowest BCUT2D eigenvalue weighted by Gasteiger charge is -2.37. The maximum absolute atomic E-state index is 13.2. The van der Waals surface area contributed by atoms with Gasteiger partial charge in [-0.3, -0.25) is 19.3 Å². The Hall–Kier alpha value is -3.25. The first-order chi connectivity index (χ1) is 15.9. The van der Waals surface area contributed by atoms with Gasteiger partial charge in [0.05, 0.1) is 23.1 Å². The van der Waals surface area contributed by atoms with E-state index in [2.05, 4.69) is 12.2 Å². The topological polar surface area (TPSA) is 80.8 Å². The number of ketones is 1. The number of hydrogen-bond acceptors (Lipinski definition) is 5. The smallest absolute Gasteiger partial charge is 0.338 e. The lowest BCUT2D eigenvalue weighted by Crippen LogP contribution is -2.40. The van der Waals surface area contributed by atoms with E-state index in [4.69, 9.17) is 16.3 Å². The summed E-state index contributed by atoms with van der Waals surface area (Å²) in [6, 6.07) is 12.5. The lowest BCUT2D eigenvalue weighted by molar-refractivity contribution is -0.124. The third kappa shape index (κ3) is 3.16. The fraction of sp³-hybridized carbons (Fsp3) is 0.308. The van der Waals surface area contributed by atoms with Gasteiger partial charge in [-0.1, -0.05) is 23.8 Å². The number of amides is 2. The highest BCUT2D eigenvalue weighted by molar-refractivity contribution is 6.30. The molecule has 0 N–H and O–H groups in total. The molecule has 7 rings (SSSR count). The van der Waals surface area contributed by atoms with E-state index in [9.17, 15) is 19.2 Å². The van der Waals surface area contributed by atoms with E-state index in [1.807, 2.05) is 0 Å². The third-order valence-electron chi connectivity index (χ3n) is 7.52. The Kier molecular flexibility index (Phi) is 4.56. The third-order valence-corrected chi connectivity index (χ3v) is 7.78. The lowest BCUT2D eigenvalue weighted by atomic mass is 9.63.